The molecule has 5 nitrogen and oxygen atoms in total. The van der Waals surface area contributed by atoms with E-state index in [2.05, 4.69) is 15.3 Å². The molecule has 0 bridgehead atoms. The van der Waals surface area contributed by atoms with Crippen LogP contribution >= 0.6 is 0 Å². The third-order valence-electron chi connectivity index (χ3n) is 4.08. The van der Waals surface area contributed by atoms with Gasteiger partial charge >= 0.3 is 0 Å². The van der Waals surface area contributed by atoms with Gasteiger partial charge in [-0.05, 0) is 56.3 Å². The summed E-state index contributed by atoms with van der Waals surface area (Å²) in [6, 6.07) is 7.66. The Bertz CT molecular complexity index is 647. The number of nitrogens with zero attached hydrogens (tertiary/aromatic N) is 3. The smallest absolute Gasteiger partial charge is 0.271 e. The lowest BCUT2D eigenvalue weighted by Crippen LogP contribution is -2.37. The van der Waals surface area contributed by atoms with Crippen molar-refractivity contribution in [2.75, 3.05) is 26.2 Å². The van der Waals surface area contributed by atoms with E-state index < -0.39 is 0 Å². The minimum atomic E-state index is -0.295. The first-order valence-electron chi connectivity index (χ1n) is 8.04. The third-order valence-corrected chi connectivity index (χ3v) is 4.08. The lowest BCUT2D eigenvalue weighted by Gasteiger charge is -2.26. The third kappa shape index (κ3) is 4.16. The minimum Gasteiger partial charge on any atom is -0.349 e. The SMILES string of the molecule is O=C(NCCN1CCCCC1)c1ccn(-c2ccc(F)cc2)n1. The Morgan fingerprint density at radius 2 is 1.87 bits per heavy atom. The van der Waals surface area contributed by atoms with E-state index in [4.69, 9.17) is 0 Å². The number of nitrogens with one attached hydrogen (secondary N) is 1. The monoisotopic (exact) mass is 316 g/mol. The van der Waals surface area contributed by atoms with Crippen LogP contribution in [0, 0.1) is 5.82 Å². The van der Waals surface area contributed by atoms with Gasteiger partial charge in [-0.1, -0.05) is 6.42 Å². The van der Waals surface area contributed by atoms with E-state index in [-0.39, 0.29) is 11.7 Å². The van der Waals surface area contributed by atoms with E-state index in [9.17, 15) is 9.18 Å². The molecule has 1 amide bonds. The number of hydrogen-bond acceptors (Lipinski definition) is 3. The molecular formula is C17H21FN4O. The van der Waals surface area contributed by atoms with E-state index in [1.165, 1.54) is 31.4 Å². The van der Waals surface area contributed by atoms with Gasteiger partial charge in [-0.2, -0.15) is 5.10 Å². The molecule has 0 atom stereocenters. The number of rotatable bonds is 5. The van der Waals surface area contributed by atoms with Gasteiger partial charge in [0.1, 0.15) is 5.82 Å². The molecule has 1 saturated heterocycles. The maximum atomic E-state index is 12.9. The summed E-state index contributed by atoms with van der Waals surface area (Å²) in [4.78, 5) is 14.5. The van der Waals surface area contributed by atoms with E-state index in [0.717, 1.165) is 25.3 Å². The Hall–Kier alpha value is -2.21. The van der Waals surface area contributed by atoms with Crippen molar-refractivity contribution in [1.82, 2.24) is 20.0 Å². The Morgan fingerprint density at radius 3 is 2.61 bits per heavy atom. The highest BCUT2D eigenvalue weighted by Crippen LogP contribution is 2.09. The normalized spacial score (nSPS) is 15.5. The number of hydrogen-bond donors (Lipinski definition) is 1. The highest BCUT2D eigenvalue weighted by molar-refractivity contribution is 5.92. The zero-order chi connectivity index (χ0) is 16.1. The molecule has 6 heteroatoms. The second-order valence-electron chi connectivity index (χ2n) is 5.78. The van der Waals surface area contributed by atoms with Crippen LogP contribution in [0.2, 0.25) is 0 Å². The van der Waals surface area contributed by atoms with Crippen LogP contribution in [0.5, 0.6) is 0 Å². The molecule has 3 rings (SSSR count). The number of amides is 1. The van der Waals surface area contributed by atoms with Crippen molar-refractivity contribution in [2.24, 2.45) is 0 Å². The fraction of sp³-hybridized carbons (Fsp3) is 0.412. The van der Waals surface area contributed by atoms with E-state index in [1.54, 1.807) is 29.1 Å². The first kappa shape index (κ1) is 15.7. The first-order chi connectivity index (χ1) is 11.2. The molecule has 0 aliphatic carbocycles. The van der Waals surface area contributed by atoms with Crippen LogP contribution in [-0.2, 0) is 0 Å². The van der Waals surface area contributed by atoms with Crippen LogP contribution in [0.15, 0.2) is 36.5 Å². The van der Waals surface area contributed by atoms with E-state index in [0.29, 0.717) is 12.2 Å². The van der Waals surface area contributed by atoms with Gasteiger partial charge in [0.2, 0.25) is 0 Å². The molecule has 2 heterocycles. The van der Waals surface area contributed by atoms with Crippen LogP contribution in [0.25, 0.3) is 5.69 Å². The zero-order valence-corrected chi connectivity index (χ0v) is 13.0. The Morgan fingerprint density at radius 1 is 1.13 bits per heavy atom. The number of carbonyl (C=O) groups is 1. The fourth-order valence-electron chi connectivity index (χ4n) is 2.78. The second kappa shape index (κ2) is 7.37. The highest BCUT2D eigenvalue weighted by atomic mass is 19.1. The van der Waals surface area contributed by atoms with Crippen molar-refractivity contribution in [1.29, 1.82) is 0 Å². The molecule has 0 saturated carbocycles. The molecule has 0 unspecified atom stereocenters. The van der Waals surface area contributed by atoms with Crippen molar-refractivity contribution in [3.05, 3.63) is 48.0 Å². The summed E-state index contributed by atoms with van der Waals surface area (Å²) in [5, 5.41) is 7.15. The van der Waals surface area contributed by atoms with E-state index in [1.807, 2.05) is 0 Å². The number of halogens is 1. The number of piperidine rings is 1. The molecule has 2 aromatic rings. The lowest BCUT2D eigenvalue weighted by atomic mass is 10.1. The lowest BCUT2D eigenvalue weighted by molar-refractivity contribution is 0.0941. The Kier molecular flexibility index (Phi) is 5.02. The maximum absolute atomic E-state index is 12.9. The molecule has 1 aliphatic rings. The van der Waals surface area contributed by atoms with Crippen LogP contribution in [-0.4, -0.2) is 46.8 Å². The van der Waals surface area contributed by atoms with Gasteiger partial charge in [-0.3, -0.25) is 4.79 Å². The van der Waals surface area contributed by atoms with Crippen LogP contribution < -0.4 is 5.32 Å². The molecule has 0 spiro atoms. The topological polar surface area (TPSA) is 50.2 Å². The number of aromatic nitrogens is 2. The van der Waals surface area contributed by atoms with Gasteiger partial charge in [0.15, 0.2) is 5.69 Å². The van der Waals surface area contributed by atoms with Gasteiger partial charge in [0, 0.05) is 19.3 Å². The molecule has 23 heavy (non-hydrogen) atoms. The maximum Gasteiger partial charge on any atom is 0.271 e. The summed E-state index contributed by atoms with van der Waals surface area (Å²) >= 11 is 0. The van der Waals surface area contributed by atoms with Crippen molar-refractivity contribution in [3.8, 4) is 5.69 Å². The predicted octanol–water partition coefficient (Wildman–Crippen LogP) is 2.23. The summed E-state index contributed by atoms with van der Waals surface area (Å²) < 4.78 is 14.5. The van der Waals surface area contributed by atoms with Gasteiger partial charge in [0.05, 0.1) is 5.69 Å². The Labute approximate surface area is 135 Å². The van der Waals surface area contributed by atoms with Crippen molar-refractivity contribution in [3.63, 3.8) is 0 Å². The van der Waals surface area contributed by atoms with Crippen molar-refractivity contribution < 1.29 is 9.18 Å². The zero-order valence-electron chi connectivity index (χ0n) is 13.0. The van der Waals surface area contributed by atoms with Crippen molar-refractivity contribution >= 4 is 5.91 Å². The molecule has 1 fully saturated rings. The second-order valence-corrected chi connectivity index (χ2v) is 5.78. The van der Waals surface area contributed by atoms with Gasteiger partial charge < -0.3 is 10.2 Å². The molecular weight excluding hydrogens is 295 g/mol. The number of likely N-dealkylation sites (tertiary alicyclic amines) is 1. The summed E-state index contributed by atoms with van der Waals surface area (Å²) in [7, 11) is 0. The summed E-state index contributed by atoms with van der Waals surface area (Å²) in [5.41, 5.74) is 1.09. The summed E-state index contributed by atoms with van der Waals surface area (Å²) in [6.07, 6.45) is 5.50. The number of benzene rings is 1. The first-order valence-corrected chi connectivity index (χ1v) is 8.04. The highest BCUT2D eigenvalue weighted by Gasteiger charge is 2.12. The molecule has 122 valence electrons. The molecule has 1 aliphatic heterocycles. The largest absolute Gasteiger partial charge is 0.349 e. The quantitative estimate of drug-likeness (QED) is 0.920. The fourth-order valence-corrected chi connectivity index (χ4v) is 2.78. The average molecular weight is 316 g/mol. The number of carbonyl (C=O) groups excluding carboxylic acids is 1. The molecule has 1 aromatic heterocycles. The van der Waals surface area contributed by atoms with Crippen LogP contribution in [0.4, 0.5) is 4.39 Å². The van der Waals surface area contributed by atoms with Crippen LogP contribution in [0.3, 0.4) is 0 Å². The molecule has 1 N–H and O–H groups in total. The van der Waals surface area contributed by atoms with E-state index >= 15 is 0 Å². The molecule has 0 radical (unpaired) electrons. The van der Waals surface area contributed by atoms with Gasteiger partial charge in [-0.15, -0.1) is 0 Å². The average Bonchev–Trinajstić information content (AvgIpc) is 3.06. The van der Waals surface area contributed by atoms with Crippen LogP contribution in [0.1, 0.15) is 29.8 Å². The standard InChI is InChI=1S/C17H21FN4O/c18-14-4-6-15(7-5-14)22-12-8-16(20-22)17(23)19-9-13-21-10-2-1-3-11-21/h4-8,12H,1-3,9-11,13H2,(H,19,23). The van der Waals surface area contributed by atoms with Gasteiger partial charge in [-0.25, -0.2) is 9.07 Å². The Balaban J connectivity index is 1.52. The minimum absolute atomic E-state index is 0.178. The van der Waals surface area contributed by atoms with Gasteiger partial charge in [0.25, 0.3) is 5.91 Å². The molecule has 1 aromatic carbocycles. The predicted molar refractivity (Wildman–Crippen MR) is 86.1 cm³/mol. The summed E-state index contributed by atoms with van der Waals surface area (Å²) in [6.45, 7) is 3.75. The van der Waals surface area contributed by atoms with Crippen molar-refractivity contribution in [2.45, 2.75) is 19.3 Å². The summed E-state index contributed by atoms with van der Waals surface area (Å²) in [5.74, 6) is -0.473.